The van der Waals surface area contributed by atoms with Crippen molar-refractivity contribution in [1.29, 1.82) is 0 Å². The maximum Gasteiger partial charge on any atom is 0.0206 e. The summed E-state index contributed by atoms with van der Waals surface area (Å²) in [6.07, 6.45) is 0. The average Bonchev–Trinajstić information content (AvgIpc) is 2.45. The summed E-state index contributed by atoms with van der Waals surface area (Å²) < 4.78 is 0. The molecule has 0 fully saturated rings. The van der Waals surface area contributed by atoms with Crippen LogP contribution in [-0.4, -0.2) is 13.1 Å². The van der Waals surface area contributed by atoms with Gasteiger partial charge < -0.3 is 16.8 Å². The Hall–Kier alpha value is -1.68. The van der Waals surface area contributed by atoms with E-state index in [1.807, 2.05) is 12.1 Å². The summed E-state index contributed by atoms with van der Waals surface area (Å²) in [6.45, 7) is 3.85. The second-order valence-corrected chi connectivity index (χ2v) is 4.32. The Morgan fingerprint density at radius 1 is 0.579 bits per heavy atom. The van der Waals surface area contributed by atoms with E-state index in [4.69, 9.17) is 0 Å². The molecule has 0 atom stereocenters. The number of benzene rings is 2. The normalized spacial score (nSPS) is 9.89. The van der Waals surface area contributed by atoms with Crippen LogP contribution in [0.3, 0.4) is 0 Å². The Kier molecular flexibility index (Phi) is 7.51. The van der Waals surface area contributed by atoms with Gasteiger partial charge in [-0.25, -0.2) is 0 Å². The summed E-state index contributed by atoms with van der Waals surface area (Å²) in [6, 6.07) is 21.0. The van der Waals surface area contributed by atoms with Crippen LogP contribution in [0.5, 0.6) is 0 Å². The van der Waals surface area contributed by atoms with Crippen molar-refractivity contribution in [2.75, 3.05) is 13.1 Å². The van der Waals surface area contributed by atoms with Gasteiger partial charge in [0.15, 0.2) is 0 Å². The zero-order chi connectivity index (χ0) is 12.5. The predicted molar refractivity (Wildman–Crippen MR) is 81.3 cm³/mol. The molecule has 0 amide bonds. The van der Waals surface area contributed by atoms with Crippen LogP contribution in [0.1, 0.15) is 11.1 Å². The molecular weight excluding hydrogens is 234 g/mol. The quantitative estimate of drug-likeness (QED) is 0.668. The first-order valence-corrected chi connectivity index (χ1v) is 6.44. The van der Waals surface area contributed by atoms with Gasteiger partial charge in [0.2, 0.25) is 0 Å². The third-order valence-corrected chi connectivity index (χ3v) is 2.82. The minimum atomic E-state index is 0. The third-order valence-electron chi connectivity index (χ3n) is 2.82. The highest BCUT2D eigenvalue weighted by Crippen LogP contribution is 1.97. The van der Waals surface area contributed by atoms with Gasteiger partial charge in [0.1, 0.15) is 0 Å². The minimum Gasteiger partial charge on any atom is -0.344 e. The lowest BCUT2D eigenvalue weighted by Gasteiger charge is -2.06. The van der Waals surface area contributed by atoms with Gasteiger partial charge in [0.05, 0.1) is 0 Å². The Labute approximate surface area is 115 Å². The van der Waals surface area contributed by atoms with Crippen molar-refractivity contribution in [3.8, 4) is 0 Å². The van der Waals surface area contributed by atoms with Gasteiger partial charge in [-0.05, 0) is 11.1 Å². The van der Waals surface area contributed by atoms with E-state index >= 15 is 0 Å². The Morgan fingerprint density at radius 2 is 0.947 bits per heavy atom. The lowest BCUT2D eigenvalue weighted by molar-refractivity contribution is 0.611. The smallest absolute Gasteiger partial charge is 0.0206 e. The summed E-state index contributed by atoms with van der Waals surface area (Å²) in [5, 5.41) is 6.85. The highest BCUT2D eigenvalue weighted by atomic mass is 14.9. The molecule has 0 saturated heterocycles. The number of hydrogen-bond donors (Lipinski definition) is 3. The summed E-state index contributed by atoms with van der Waals surface area (Å²) in [7, 11) is 0. The van der Waals surface area contributed by atoms with Gasteiger partial charge >= 0.3 is 0 Å². The van der Waals surface area contributed by atoms with E-state index < -0.39 is 0 Å². The number of nitrogens with one attached hydrogen (secondary N) is 2. The molecule has 0 unspecified atom stereocenters. The molecule has 0 saturated carbocycles. The zero-order valence-electron chi connectivity index (χ0n) is 11.3. The zero-order valence-corrected chi connectivity index (χ0v) is 11.3. The molecule has 3 heteroatoms. The Bertz CT molecular complexity index is 385. The number of rotatable bonds is 7. The Morgan fingerprint density at radius 3 is 1.32 bits per heavy atom. The maximum atomic E-state index is 3.43. The first kappa shape index (κ1) is 15.4. The Balaban J connectivity index is 0.00000180. The lowest BCUT2D eigenvalue weighted by Crippen LogP contribution is -2.26. The standard InChI is InChI=1S/C16H20N2.H3N/c1-3-7-15(8-4-1)13-17-11-12-18-14-16-9-5-2-6-10-16;/h1-10,17-18H,11-14H2;1H3. The molecule has 2 aromatic carbocycles. The van der Waals surface area contributed by atoms with Crippen molar-refractivity contribution in [3.05, 3.63) is 71.8 Å². The van der Waals surface area contributed by atoms with Crippen molar-refractivity contribution >= 4 is 0 Å². The van der Waals surface area contributed by atoms with Gasteiger partial charge in [-0.2, -0.15) is 0 Å². The van der Waals surface area contributed by atoms with E-state index in [0.29, 0.717) is 0 Å². The molecule has 0 aliphatic rings. The first-order valence-electron chi connectivity index (χ1n) is 6.44. The summed E-state index contributed by atoms with van der Waals surface area (Å²) >= 11 is 0. The van der Waals surface area contributed by atoms with Crippen LogP contribution in [0.25, 0.3) is 0 Å². The van der Waals surface area contributed by atoms with Crippen molar-refractivity contribution in [1.82, 2.24) is 16.8 Å². The summed E-state index contributed by atoms with van der Waals surface area (Å²) in [5.41, 5.74) is 2.67. The van der Waals surface area contributed by atoms with Crippen LogP contribution in [0.15, 0.2) is 60.7 Å². The first-order chi connectivity index (χ1) is 8.95. The van der Waals surface area contributed by atoms with Gasteiger partial charge in [0.25, 0.3) is 0 Å². The van der Waals surface area contributed by atoms with Crippen LogP contribution in [0.2, 0.25) is 0 Å². The van der Waals surface area contributed by atoms with Crippen LogP contribution < -0.4 is 16.8 Å². The van der Waals surface area contributed by atoms with Crippen molar-refractivity contribution in [2.24, 2.45) is 0 Å². The van der Waals surface area contributed by atoms with E-state index in [9.17, 15) is 0 Å². The second kappa shape index (κ2) is 9.28. The summed E-state index contributed by atoms with van der Waals surface area (Å²) in [4.78, 5) is 0. The molecule has 0 spiro atoms. The molecule has 0 bridgehead atoms. The number of hydrogen-bond acceptors (Lipinski definition) is 3. The monoisotopic (exact) mass is 257 g/mol. The van der Waals surface area contributed by atoms with Gasteiger partial charge in [-0.3, -0.25) is 0 Å². The van der Waals surface area contributed by atoms with Crippen LogP contribution in [0, 0.1) is 0 Å². The molecule has 0 heterocycles. The van der Waals surface area contributed by atoms with Gasteiger partial charge in [-0.1, -0.05) is 60.7 Å². The largest absolute Gasteiger partial charge is 0.344 e. The fourth-order valence-corrected chi connectivity index (χ4v) is 1.83. The maximum absolute atomic E-state index is 3.43. The third kappa shape index (κ3) is 6.15. The predicted octanol–water partition coefficient (Wildman–Crippen LogP) is 2.73. The topological polar surface area (TPSA) is 59.1 Å². The van der Waals surface area contributed by atoms with Crippen molar-refractivity contribution in [2.45, 2.75) is 13.1 Å². The van der Waals surface area contributed by atoms with Crippen LogP contribution >= 0.6 is 0 Å². The van der Waals surface area contributed by atoms with E-state index in [2.05, 4.69) is 59.2 Å². The van der Waals surface area contributed by atoms with Crippen molar-refractivity contribution < 1.29 is 0 Å². The molecule has 2 rings (SSSR count). The van der Waals surface area contributed by atoms with E-state index in [0.717, 1.165) is 26.2 Å². The second-order valence-electron chi connectivity index (χ2n) is 4.32. The molecule has 19 heavy (non-hydrogen) atoms. The SMILES string of the molecule is N.c1ccc(CNCCNCc2ccccc2)cc1. The lowest BCUT2D eigenvalue weighted by atomic mass is 10.2. The van der Waals surface area contributed by atoms with Gasteiger partial charge in [-0.15, -0.1) is 0 Å². The van der Waals surface area contributed by atoms with Crippen molar-refractivity contribution in [3.63, 3.8) is 0 Å². The average molecular weight is 257 g/mol. The molecule has 0 aliphatic carbocycles. The van der Waals surface area contributed by atoms with E-state index in [1.165, 1.54) is 11.1 Å². The minimum absolute atomic E-state index is 0. The molecule has 102 valence electrons. The van der Waals surface area contributed by atoms with Crippen LogP contribution in [0.4, 0.5) is 0 Å². The van der Waals surface area contributed by atoms with Gasteiger partial charge in [0, 0.05) is 26.2 Å². The molecule has 5 N–H and O–H groups in total. The van der Waals surface area contributed by atoms with E-state index in [-0.39, 0.29) is 6.15 Å². The highest BCUT2D eigenvalue weighted by Gasteiger charge is 1.92. The molecule has 3 nitrogen and oxygen atoms in total. The molecular formula is C16H23N3. The molecule has 0 aliphatic heterocycles. The molecule has 0 aromatic heterocycles. The fourth-order valence-electron chi connectivity index (χ4n) is 1.83. The molecule has 0 radical (unpaired) electrons. The highest BCUT2D eigenvalue weighted by molar-refractivity contribution is 5.15. The fraction of sp³-hybridized carbons (Fsp3) is 0.250. The van der Waals surface area contributed by atoms with E-state index in [1.54, 1.807) is 0 Å². The summed E-state index contributed by atoms with van der Waals surface area (Å²) in [5.74, 6) is 0. The molecule has 2 aromatic rings. The van der Waals surface area contributed by atoms with Crippen LogP contribution in [-0.2, 0) is 13.1 Å².